The Hall–Kier alpha value is -1.71. The third-order valence-corrected chi connectivity index (χ3v) is 4.04. The number of H-pyrrole nitrogens is 1. The highest BCUT2D eigenvalue weighted by molar-refractivity contribution is 6.06. The molecule has 0 bridgehead atoms. The van der Waals surface area contributed by atoms with Crippen molar-refractivity contribution in [2.24, 2.45) is 11.8 Å². The van der Waals surface area contributed by atoms with Crippen LogP contribution in [0.2, 0.25) is 0 Å². The largest absolute Gasteiger partial charge is 0.346 e. The topological polar surface area (TPSA) is 58.6 Å². The van der Waals surface area contributed by atoms with Gasteiger partial charge in [0.1, 0.15) is 17.7 Å². The van der Waals surface area contributed by atoms with Gasteiger partial charge in [0.25, 0.3) is 0 Å². The Kier molecular flexibility index (Phi) is 2.86. The van der Waals surface area contributed by atoms with Crippen LogP contribution in [0.4, 0.5) is 0 Å². The minimum atomic E-state index is 0.131. The number of Topliss-reactive ketones (excluding diaryl/α,β-unsaturated/α-hetero) is 1. The van der Waals surface area contributed by atoms with Crippen LogP contribution in [0.25, 0.3) is 11.0 Å². The van der Waals surface area contributed by atoms with Gasteiger partial charge in [-0.05, 0) is 18.4 Å². The molecule has 4 heteroatoms. The number of hydrogen-bond acceptors (Lipinski definition) is 3. The summed E-state index contributed by atoms with van der Waals surface area (Å²) in [6.45, 7) is 2.18. The molecule has 4 nitrogen and oxygen atoms in total. The summed E-state index contributed by atoms with van der Waals surface area (Å²) in [4.78, 5) is 24.0. The second kappa shape index (κ2) is 4.52. The van der Waals surface area contributed by atoms with Crippen molar-refractivity contribution < 1.29 is 4.79 Å². The van der Waals surface area contributed by atoms with Gasteiger partial charge in [-0.3, -0.25) is 4.79 Å². The lowest BCUT2D eigenvalue weighted by Crippen LogP contribution is -2.26. The van der Waals surface area contributed by atoms with E-state index in [1.165, 1.54) is 12.7 Å². The molecular weight excluding hydrogens is 226 g/mol. The first kappa shape index (κ1) is 11.4. The van der Waals surface area contributed by atoms with Gasteiger partial charge in [0.05, 0.1) is 0 Å². The van der Waals surface area contributed by atoms with Gasteiger partial charge >= 0.3 is 0 Å². The van der Waals surface area contributed by atoms with Crippen molar-refractivity contribution in [3.63, 3.8) is 0 Å². The van der Waals surface area contributed by atoms with Gasteiger partial charge in [-0.15, -0.1) is 0 Å². The van der Waals surface area contributed by atoms with Gasteiger partial charge in [-0.25, -0.2) is 9.97 Å². The summed E-state index contributed by atoms with van der Waals surface area (Å²) in [5.41, 5.74) is 1.33. The van der Waals surface area contributed by atoms with E-state index in [9.17, 15) is 4.79 Å². The van der Waals surface area contributed by atoms with Gasteiger partial charge in [0.15, 0.2) is 5.78 Å². The number of rotatable bonds is 2. The molecule has 0 spiro atoms. The first-order chi connectivity index (χ1) is 8.77. The van der Waals surface area contributed by atoms with Crippen LogP contribution in [0.1, 0.15) is 43.1 Å². The zero-order chi connectivity index (χ0) is 12.5. The minimum absolute atomic E-state index is 0.131. The van der Waals surface area contributed by atoms with E-state index >= 15 is 0 Å². The standard InChI is InChI=1S/C14H17N3O/c1-9-4-2-3-5-10(9)13(18)12-11-6-7-15-14(11)17-8-16-12/h6-10H,2-5H2,1H3,(H,15,16,17). The number of ketones is 1. The normalized spacial score (nSPS) is 24.3. The van der Waals surface area contributed by atoms with Gasteiger partial charge in [-0.2, -0.15) is 0 Å². The number of nitrogens with one attached hydrogen (secondary N) is 1. The summed E-state index contributed by atoms with van der Waals surface area (Å²) in [6.07, 6.45) is 7.82. The van der Waals surface area contributed by atoms with Gasteiger partial charge < -0.3 is 4.98 Å². The minimum Gasteiger partial charge on any atom is -0.346 e. The Bertz CT molecular complexity index is 575. The molecule has 0 aromatic carbocycles. The Balaban J connectivity index is 1.98. The maximum atomic E-state index is 12.6. The lowest BCUT2D eigenvalue weighted by Gasteiger charge is -2.27. The molecule has 2 atom stereocenters. The molecule has 2 aromatic heterocycles. The molecule has 3 rings (SSSR count). The summed E-state index contributed by atoms with van der Waals surface area (Å²) < 4.78 is 0. The number of nitrogens with zero attached hydrogens (tertiary/aromatic N) is 2. The lowest BCUT2D eigenvalue weighted by molar-refractivity contribution is 0.0834. The molecule has 2 heterocycles. The number of hydrogen-bond donors (Lipinski definition) is 1. The highest BCUT2D eigenvalue weighted by atomic mass is 16.1. The maximum Gasteiger partial charge on any atom is 0.185 e. The van der Waals surface area contributed by atoms with Crippen LogP contribution in [0.15, 0.2) is 18.6 Å². The molecule has 0 aliphatic heterocycles. The van der Waals surface area contributed by atoms with E-state index in [4.69, 9.17) is 0 Å². The highest BCUT2D eigenvalue weighted by Gasteiger charge is 2.30. The van der Waals surface area contributed by atoms with E-state index in [1.807, 2.05) is 6.07 Å². The van der Waals surface area contributed by atoms with Crippen molar-refractivity contribution in [1.29, 1.82) is 0 Å². The van der Waals surface area contributed by atoms with E-state index in [1.54, 1.807) is 6.20 Å². The Morgan fingerprint density at radius 1 is 1.33 bits per heavy atom. The lowest BCUT2D eigenvalue weighted by atomic mass is 9.77. The van der Waals surface area contributed by atoms with Crippen LogP contribution in [-0.4, -0.2) is 20.7 Å². The Morgan fingerprint density at radius 3 is 3.00 bits per heavy atom. The van der Waals surface area contributed by atoms with Crippen molar-refractivity contribution in [3.05, 3.63) is 24.3 Å². The van der Waals surface area contributed by atoms with Crippen LogP contribution < -0.4 is 0 Å². The second-order valence-corrected chi connectivity index (χ2v) is 5.19. The smallest absolute Gasteiger partial charge is 0.185 e. The van der Waals surface area contributed by atoms with Crippen molar-refractivity contribution in [3.8, 4) is 0 Å². The Morgan fingerprint density at radius 2 is 2.17 bits per heavy atom. The highest BCUT2D eigenvalue weighted by Crippen LogP contribution is 2.32. The van der Waals surface area contributed by atoms with E-state index in [-0.39, 0.29) is 11.7 Å². The number of fused-ring (bicyclic) bond motifs is 1. The molecule has 1 N–H and O–H groups in total. The molecule has 1 saturated carbocycles. The van der Waals surface area contributed by atoms with Crippen LogP contribution in [0.5, 0.6) is 0 Å². The quantitative estimate of drug-likeness (QED) is 0.825. The fourth-order valence-electron chi connectivity index (χ4n) is 2.95. The molecule has 2 unspecified atom stereocenters. The number of aromatic amines is 1. The molecule has 0 amide bonds. The van der Waals surface area contributed by atoms with Crippen molar-refractivity contribution >= 4 is 16.8 Å². The molecule has 1 aliphatic rings. The average molecular weight is 243 g/mol. The molecule has 1 fully saturated rings. The fourth-order valence-corrected chi connectivity index (χ4v) is 2.95. The Labute approximate surface area is 106 Å². The summed E-state index contributed by atoms with van der Waals surface area (Å²) in [5, 5.41) is 0.847. The first-order valence-corrected chi connectivity index (χ1v) is 6.59. The van der Waals surface area contributed by atoms with Crippen molar-refractivity contribution in [2.75, 3.05) is 0 Å². The molecule has 94 valence electrons. The van der Waals surface area contributed by atoms with Gasteiger partial charge in [-0.1, -0.05) is 26.2 Å². The van der Waals surface area contributed by atoms with Crippen LogP contribution >= 0.6 is 0 Å². The first-order valence-electron chi connectivity index (χ1n) is 6.59. The predicted octanol–water partition coefficient (Wildman–Crippen LogP) is 2.97. The number of carbonyl (C=O) groups is 1. The van der Waals surface area contributed by atoms with Gasteiger partial charge in [0.2, 0.25) is 0 Å². The van der Waals surface area contributed by atoms with Crippen molar-refractivity contribution in [2.45, 2.75) is 32.6 Å². The third-order valence-electron chi connectivity index (χ3n) is 4.04. The van der Waals surface area contributed by atoms with Crippen LogP contribution in [0, 0.1) is 11.8 Å². The van der Waals surface area contributed by atoms with Crippen molar-refractivity contribution in [1.82, 2.24) is 15.0 Å². The summed E-state index contributed by atoms with van der Waals surface area (Å²) in [5.74, 6) is 0.788. The zero-order valence-electron chi connectivity index (χ0n) is 10.5. The SMILES string of the molecule is CC1CCCCC1C(=O)c1ncnc2[nH]ccc12. The molecular formula is C14H17N3O. The molecule has 2 aromatic rings. The zero-order valence-corrected chi connectivity index (χ0v) is 10.5. The second-order valence-electron chi connectivity index (χ2n) is 5.19. The maximum absolute atomic E-state index is 12.6. The summed E-state index contributed by atoms with van der Waals surface area (Å²) in [6, 6.07) is 1.88. The molecule has 0 saturated heterocycles. The molecule has 1 aliphatic carbocycles. The monoisotopic (exact) mass is 243 g/mol. The molecule has 0 radical (unpaired) electrons. The molecule has 18 heavy (non-hydrogen) atoms. The van der Waals surface area contributed by atoms with E-state index in [0.717, 1.165) is 30.3 Å². The van der Waals surface area contributed by atoms with Crippen LogP contribution in [-0.2, 0) is 0 Å². The van der Waals surface area contributed by atoms with E-state index in [2.05, 4.69) is 21.9 Å². The van der Waals surface area contributed by atoms with Gasteiger partial charge in [0, 0.05) is 17.5 Å². The summed E-state index contributed by atoms with van der Waals surface area (Å²) >= 11 is 0. The third kappa shape index (κ3) is 1.82. The fraction of sp³-hybridized carbons (Fsp3) is 0.500. The summed E-state index contributed by atoms with van der Waals surface area (Å²) in [7, 11) is 0. The average Bonchev–Trinajstić information content (AvgIpc) is 2.86. The predicted molar refractivity (Wildman–Crippen MR) is 69.3 cm³/mol. The number of aromatic nitrogens is 3. The number of carbonyl (C=O) groups excluding carboxylic acids is 1. The van der Waals surface area contributed by atoms with E-state index in [0.29, 0.717) is 11.6 Å². The van der Waals surface area contributed by atoms with Crippen LogP contribution in [0.3, 0.4) is 0 Å². The van der Waals surface area contributed by atoms with E-state index < -0.39 is 0 Å².